The third-order valence-electron chi connectivity index (χ3n) is 7.10. The second-order valence-corrected chi connectivity index (χ2v) is 9.92. The van der Waals surface area contributed by atoms with Crippen LogP contribution >= 0.6 is 0 Å². The number of aromatic nitrogens is 2. The van der Waals surface area contributed by atoms with Gasteiger partial charge in [0, 0.05) is 25.2 Å². The van der Waals surface area contributed by atoms with Crippen molar-refractivity contribution in [3.63, 3.8) is 0 Å². The smallest absolute Gasteiger partial charge is 0.187 e. The molecule has 174 valence electrons. The molecule has 1 N–H and O–H groups in total. The van der Waals surface area contributed by atoms with E-state index in [4.69, 9.17) is 0 Å². The zero-order valence-electron chi connectivity index (χ0n) is 20.7. The second-order valence-electron chi connectivity index (χ2n) is 9.92. The Morgan fingerprint density at radius 1 is 0.933 bits per heavy atom. The maximum Gasteiger partial charge on any atom is 0.187 e. The van der Waals surface area contributed by atoms with Gasteiger partial charge in [0.15, 0.2) is 11.8 Å². The van der Waals surface area contributed by atoms with Crippen LogP contribution < -0.4 is 0 Å². The first-order valence-corrected chi connectivity index (χ1v) is 12.7. The molecule has 0 aliphatic rings. The van der Waals surface area contributed by atoms with E-state index in [0.717, 1.165) is 16.6 Å². The number of H-pyrrole nitrogens is 1. The van der Waals surface area contributed by atoms with Gasteiger partial charge >= 0.3 is 0 Å². The van der Waals surface area contributed by atoms with Crippen LogP contribution in [-0.4, -0.2) is 46.4 Å². The molecular weight excluding hydrogens is 370 g/mol. The number of carbonyl (C=O) groups excluding carboxylic acids is 1. The van der Waals surface area contributed by atoms with Crippen molar-refractivity contribution in [2.75, 3.05) is 14.1 Å². The Kier molecular flexibility index (Phi) is 14.0. The first-order chi connectivity index (χ1) is 14.4. The number of Topliss-reactive ketones (excluding diaryl/α,β-unsaturated/α-hetero) is 1. The highest BCUT2D eigenvalue weighted by Crippen LogP contribution is 2.22. The van der Waals surface area contributed by atoms with Gasteiger partial charge in [-0.25, -0.2) is 4.98 Å². The van der Waals surface area contributed by atoms with Gasteiger partial charge in [-0.1, -0.05) is 84.0 Å². The maximum atomic E-state index is 12.4. The minimum Gasteiger partial charge on any atom is -0.348 e. The summed E-state index contributed by atoms with van der Waals surface area (Å²) in [6.45, 7) is 6.33. The van der Waals surface area contributed by atoms with Crippen LogP contribution in [-0.2, 0) is 11.2 Å². The standard InChI is InChI=1S/C26H50N3O/c1-6-7-8-9-10-11-12-13-14-15-16-17-18-19-23(2)29(4,5)26(24(3)30)20-25-21-27-22-28-25/h21-23,26H,6-20H2,1-5H3,(H,27,28)/q+1. The molecule has 1 rings (SSSR count). The van der Waals surface area contributed by atoms with Crippen LogP contribution in [0.3, 0.4) is 0 Å². The van der Waals surface area contributed by atoms with Crippen molar-refractivity contribution in [1.82, 2.24) is 9.97 Å². The van der Waals surface area contributed by atoms with Gasteiger partial charge in [0.25, 0.3) is 0 Å². The topological polar surface area (TPSA) is 45.8 Å². The number of nitrogens with one attached hydrogen (secondary N) is 1. The van der Waals surface area contributed by atoms with Gasteiger partial charge in [0.1, 0.15) is 0 Å². The van der Waals surface area contributed by atoms with Crippen molar-refractivity contribution in [3.05, 3.63) is 18.2 Å². The van der Waals surface area contributed by atoms with E-state index in [1.54, 1.807) is 13.3 Å². The summed E-state index contributed by atoms with van der Waals surface area (Å²) in [4.78, 5) is 19.6. The lowest BCUT2D eigenvalue weighted by Gasteiger charge is -2.42. The molecule has 2 atom stereocenters. The lowest BCUT2D eigenvalue weighted by Crippen LogP contribution is -2.58. The Morgan fingerprint density at radius 3 is 1.87 bits per heavy atom. The molecule has 0 saturated carbocycles. The molecule has 0 spiro atoms. The fraction of sp³-hybridized carbons (Fsp3) is 0.846. The number of carbonyl (C=O) groups is 1. The Labute approximate surface area is 186 Å². The quantitative estimate of drug-likeness (QED) is 0.196. The molecule has 0 fully saturated rings. The highest BCUT2D eigenvalue weighted by atomic mass is 16.1. The number of aromatic amines is 1. The van der Waals surface area contributed by atoms with E-state index in [9.17, 15) is 4.79 Å². The molecule has 4 nitrogen and oxygen atoms in total. The van der Waals surface area contributed by atoms with Gasteiger partial charge in [-0.05, 0) is 19.8 Å². The van der Waals surface area contributed by atoms with Gasteiger partial charge in [-0.3, -0.25) is 4.79 Å². The number of likely N-dealkylation sites (N-methyl/N-ethyl adjacent to an activating group) is 1. The Hall–Kier alpha value is -1.16. The van der Waals surface area contributed by atoms with Crippen molar-refractivity contribution in [2.45, 2.75) is 129 Å². The van der Waals surface area contributed by atoms with Crippen LogP contribution in [0.4, 0.5) is 0 Å². The summed E-state index contributed by atoms with van der Waals surface area (Å²) in [5, 5.41) is 0. The van der Waals surface area contributed by atoms with Crippen molar-refractivity contribution in [1.29, 1.82) is 0 Å². The summed E-state index contributed by atoms with van der Waals surface area (Å²) in [6, 6.07) is 0.469. The number of unbranched alkanes of at least 4 members (excludes halogenated alkanes) is 12. The Morgan fingerprint density at radius 2 is 1.43 bits per heavy atom. The van der Waals surface area contributed by atoms with Crippen LogP contribution in [0.25, 0.3) is 0 Å². The molecule has 1 heterocycles. The lowest BCUT2D eigenvalue weighted by molar-refractivity contribution is -0.928. The first kappa shape index (κ1) is 26.9. The third-order valence-corrected chi connectivity index (χ3v) is 7.10. The van der Waals surface area contributed by atoms with Gasteiger partial charge in [0.2, 0.25) is 0 Å². The molecule has 1 aromatic heterocycles. The molecule has 1 aromatic rings. The van der Waals surface area contributed by atoms with E-state index in [1.807, 2.05) is 6.20 Å². The number of imidazole rings is 1. The van der Waals surface area contributed by atoms with E-state index < -0.39 is 0 Å². The molecule has 0 radical (unpaired) electrons. The summed E-state index contributed by atoms with van der Waals surface area (Å²) < 4.78 is 0.757. The summed E-state index contributed by atoms with van der Waals surface area (Å²) in [6.07, 6.45) is 23.6. The molecular formula is C26H50N3O+. The van der Waals surface area contributed by atoms with Crippen molar-refractivity contribution >= 4 is 5.78 Å². The van der Waals surface area contributed by atoms with E-state index in [0.29, 0.717) is 6.04 Å². The molecule has 0 amide bonds. The van der Waals surface area contributed by atoms with E-state index in [-0.39, 0.29) is 11.8 Å². The summed E-state index contributed by atoms with van der Waals surface area (Å²) >= 11 is 0. The summed E-state index contributed by atoms with van der Waals surface area (Å²) in [5.74, 6) is 0.270. The monoisotopic (exact) mass is 420 g/mol. The number of quaternary nitrogens is 1. The highest BCUT2D eigenvalue weighted by molar-refractivity contribution is 5.80. The SMILES string of the molecule is CCCCCCCCCCCCCCCC(C)[N+](C)(C)C(Cc1cnc[nH]1)C(C)=O. The molecule has 0 aliphatic carbocycles. The number of ketones is 1. The van der Waals surface area contributed by atoms with Crippen LogP contribution in [0.1, 0.15) is 116 Å². The van der Waals surface area contributed by atoms with Gasteiger partial charge in [-0.2, -0.15) is 0 Å². The normalized spacial score (nSPS) is 14.0. The highest BCUT2D eigenvalue weighted by Gasteiger charge is 2.36. The van der Waals surface area contributed by atoms with Crippen LogP contribution in [0.15, 0.2) is 12.5 Å². The van der Waals surface area contributed by atoms with Crippen LogP contribution in [0, 0.1) is 0 Å². The molecule has 0 aliphatic heterocycles. The second kappa shape index (κ2) is 15.6. The minimum atomic E-state index is -0.0116. The molecule has 0 aromatic carbocycles. The zero-order chi connectivity index (χ0) is 22.2. The fourth-order valence-electron chi connectivity index (χ4n) is 4.55. The van der Waals surface area contributed by atoms with E-state index >= 15 is 0 Å². The van der Waals surface area contributed by atoms with E-state index in [1.165, 1.54) is 89.9 Å². The average molecular weight is 421 g/mol. The van der Waals surface area contributed by atoms with Crippen molar-refractivity contribution < 1.29 is 9.28 Å². The predicted molar refractivity (Wildman–Crippen MR) is 129 cm³/mol. The minimum absolute atomic E-state index is 0.0116. The van der Waals surface area contributed by atoms with Crippen molar-refractivity contribution in [3.8, 4) is 0 Å². The largest absolute Gasteiger partial charge is 0.348 e. The van der Waals surface area contributed by atoms with Crippen LogP contribution in [0.5, 0.6) is 0 Å². The fourth-order valence-corrected chi connectivity index (χ4v) is 4.55. The molecule has 2 unspecified atom stereocenters. The average Bonchev–Trinajstić information content (AvgIpc) is 3.22. The zero-order valence-corrected chi connectivity index (χ0v) is 20.7. The van der Waals surface area contributed by atoms with Gasteiger partial charge in [0.05, 0.1) is 26.5 Å². The first-order valence-electron chi connectivity index (χ1n) is 12.7. The Bertz CT molecular complexity index is 538. The van der Waals surface area contributed by atoms with Gasteiger partial charge < -0.3 is 9.47 Å². The molecule has 0 saturated heterocycles. The predicted octanol–water partition coefficient (Wildman–Crippen LogP) is 6.86. The van der Waals surface area contributed by atoms with Crippen molar-refractivity contribution in [2.24, 2.45) is 0 Å². The van der Waals surface area contributed by atoms with Crippen LogP contribution in [0.2, 0.25) is 0 Å². The number of hydrogen-bond acceptors (Lipinski definition) is 2. The lowest BCUT2D eigenvalue weighted by atomic mass is 9.98. The number of rotatable bonds is 19. The number of hydrogen-bond donors (Lipinski definition) is 1. The van der Waals surface area contributed by atoms with Gasteiger partial charge in [-0.15, -0.1) is 0 Å². The van der Waals surface area contributed by atoms with E-state index in [2.05, 4.69) is 37.9 Å². The maximum absolute atomic E-state index is 12.4. The number of nitrogens with zero attached hydrogens (tertiary/aromatic N) is 2. The molecule has 4 heteroatoms. The Balaban J connectivity index is 2.14. The molecule has 0 bridgehead atoms. The third kappa shape index (κ3) is 10.7. The summed E-state index contributed by atoms with van der Waals surface area (Å²) in [5.41, 5.74) is 1.05. The molecule has 30 heavy (non-hydrogen) atoms. The summed E-state index contributed by atoms with van der Waals surface area (Å²) in [7, 11) is 4.44.